The first-order chi connectivity index (χ1) is 48.1. The Morgan fingerprint density at radius 3 is 0.316 bits per heavy atom. The molecule has 0 spiro atoms. The van der Waals surface area contributed by atoms with E-state index in [1.807, 2.05) is 0 Å². The van der Waals surface area contributed by atoms with Crippen LogP contribution in [0.15, 0.2) is 0 Å². The lowest BCUT2D eigenvalue weighted by Crippen LogP contribution is -2.34. The third-order valence-electron chi connectivity index (χ3n) is 19.3. The van der Waals surface area contributed by atoms with Gasteiger partial charge in [-0.05, 0) is 38.5 Å². The molecule has 0 radical (unpaired) electrons. The van der Waals surface area contributed by atoms with Crippen LogP contribution in [0.3, 0.4) is 0 Å². The van der Waals surface area contributed by atoms with Gasteiger partial charge in [-0.25, -0.2) is 0 Å². The van der Waals surface area contributed by atoms with E-state index in [0.717, 1.165) is 116 Å². The molecule has 0 aromatic carbocycles. The van der Waals surface area contributed by atoms with Crippen LogP contribution in [-0.2, 0) is 51.5 Å². The number of unbranched alkanes of at least 4 members (excludes halogenated alkanes) is 60. The maximum atomic E-state index is 12.6. The molecule has 14 heteroatoms. The van der Waals surface area contributed by atoms with E-state index in [4.69, 9.17) is 22.7 Å². The molecule has 0 atom stereocenters. The van der Waals surface area contributed by atoms with Gasteiger partial charge in [-0.3, -0.25) is 28.8 Å². The fourth-order valence-corrected chi connectivity index (χ4v) is 15.0. The van der Waals surface area contributed by atoms with Crippen molar-refractivity contribution in [3.63, 3.8) is 0 Å². The van der Waals surface area contributed by atoms with Crippen LogP contribution >= 0.6 is 0 Å². The van der Waals surface area contributed by atoms with Gasteiger partial charge in [0, 0.05) is 38.5 Å². The zero-order valence-corrected chi connectivity index (χ0v) is 68.3. The number of hydrogen-bond donors (Lipinski definition) is 0. The third-order valence-corrected chi connectivity index (χ3v) is 22.0. The molecule has 0 aliphatic heterocycles. The summed E-state index contributed by atoms with van der Waals surface area (Å²) in [6.45, 7) is 13.5. The van der Waals surface area contributed by atoms with Crippen LogP contribution < -0.4 is 0 Å². The fraction of sp³-hybridized carbons (Fsp3) is 0.929. The number of hydrogen-bond acceptors (Lipinski definition) is 12. The molecule has 0 aliphatic rings. The predicted octanol–water partition coefficient (Wildman–Crippen LogP) is 27.4. The molecule has 0 bridgehead atoms. The van der Waals surface area contributed by atoms with Crippen LogP contribution in [-0.4, -0.2) is 66.1 Å². The van der Waals surface area contributed by atoms with Gasteiger partial charge in [-0.1, -0.05) is 427 Å². The lowest BCUT2D eigenvalue weighted by atomic mass is 10.1. The normalized spacial score (nSPS) is 11.1. The smallest absolute Gasteiger partial charge is 0.551 e. The van der Waals surface area contributed by atoms with Crippen LogP contribution in [0.5, 0.6) is 0 Å². The summed E-state index contributed by atoms with van der Waals surface area (Å²) in [5.41, 5.74) is 0. The highest BCUT2D eigenvalue weighted by Crippen LogP contribution is 2.20. The summed E-state index contributed by atoms with van der Waals surface area (Å²) < 4.78 is 33.1. The third kappa shape index (κ3) is 81.2. The molecule has 98 heavy (non-hydrogen) atoms. The second kappa shape index (κ2) is 83.8. The Kier molecular flexibility index (Phi) is 83.8. The minimum atomic E-state index is -3.22. The van der Waals surface area contributed by atoms with Crippen molar-refractivity contribution in [1.82, 2.24) is 0 Å². The largest absolute Gasteiger partial charge is 1.20 e. The van der Waals surface area contributed by atoms with E-state index in [2.05, 4.69) is 41.5 Å². The minimum absolute atomic E-state index is 0.271. The van der Waals surface area contributed by atoms with Gasteiger partial charge >= 0.3 is 30.3 Å². The average molecular weight is 1420 g/mol. The summed E-state index contributed by atoms with van der Waals surface area (Å²) in [6, 6.07) is 0. The summed E-state index contributed by atoms with van der Waals surface area (Å²) in [5, 5.41) is 0. The molecule has 0 aliphatic carbocycles. The second-order valence-corrected chi connectivity index (χ2v) is 31.8. The van der Waals surface area contributed by atoms with Crippen molar-refractivity contribution >= 4 is 66.1 Å². The van der Waals surface area contributed by atoms with E-state index < -0.39 is 66.1 Å². The van der Waals surface area contributed by atoms with Gasteiger partial charge in [0.15, 0.2) is 0 Å². The molecule has 0 unspecified atom stereocenters. The summed E-state index contributed by atoms with van der Waals surface area (Å²) in [7, 11) is 0. The van der Waals surface area contributed by atoms with Crippen molar-refractivity contribution in [3.05, 3.63) is 0 Å². The van der Waals surface area contributed by atoms with Crippen LogP contribution in [0.25, 0.3) is 0 Å². The quantitative estimate of drug-likeness (QED) is 0.0420. The standard InChI is InChI=1S/6C14H28O2.2Al/c6*1-2-3-4-5-6-7-8-9-10-11-12-13-14(15)16;;/h6*2-13H2,1H3,(H,15,16);;/q;;;;;;2*+3/p-6. The summed E-state index contributed by atoms with van der Waals surface area (Å²) in [5.74, 6) is -2.51. The minimum Gasteiger partial charge on any atom is -0.551 e. The van der Waals surface area contributed by atoms with Crippen molar-refractivity contribution in [2.75, 3.05) is 0 Å². The van der Waals surface area contributed by atoms with Crippen LogP contribution in [0.2, 0.25) is 0 Å². The van der Waals surface area contributed by atoms with Crippen LogP contribution in [0, 0.1) is 0 Å². The van der Waals surface area contributed by atoms with Gasteiger partial charge in [-0.15, -0.1) is 0 Å². The molecule has 0 aromatic heterocycles. The molecule has 0 fully saturated rings. The van der Waals surface area contributed by atoms with E-state index >= 15 is 0 Å². The highest BCUT2D eigenvalue weighted by molar-refractivity contribution is 6.44. The molecular formula is C84H162Al2O12. The topological polar surface area (TPSA) is 158 Å². The van der Waals surface area contributed by atoms with Crippen molar-refractivity contribution in [2.45, 2.75) is 504 Å². The lowest BCUT2D eigenvalue weighted by Gasteiger charge is -2.14. The SMILES string of the molecule is CCCCCCCCCCCCCC(=O)[O][Al]([O]C(=O)CCCCCCCCCCCCC)[O]C(=O)CCCCCCCCCCCCC.CCCCCCCCCCCCCC(=O)[O][Al]([O]C(=O)CCCCCCCCCCCCC)[O]C(=O)CCCCCCCCCCCCC. The monoisotopic (exact) mass is 1420 g/mol. The van der Waals surface area contributed by atoms with Gasteiger partial charge in [0.2, 0.25) is 0 Å². The molecule has 12 nitrogen and oxygen atoms in total. The molecule has 0 aromatic rings. The molecule has 0 N–H and O–H groups in total. The van der Waals surface area contributed by atoms with E-state index in [1.165, 1.54) is 308 Å². The van der Waals surface area contributed by atoms with Crippen molar-refractivity contribution in [3.8, 4) is 0 Å². The molecule has 0 heterocycles. The highest BCUT2D eigenvalue weighted by atomic mass is 27.3. The summed E-state index contributed by atoms with van der Waals surface area (Å²) >= 11 is -6.43. The lowest BCUT2D eigenvalue weighted by molar-refractivity contribution is -0.151. The Labute approximate surface area is 617 Å². The Morgan fingerprint density at radius 2 is 0.224 bits per heavy atom. The van der Waals surface area contributed by atoms with Gasteiger partial charge < -0.3 is 22.7 Å². The maximum absolute atomic E-state index is 12.6. The summed E-state index contributed by atoms with van der Waals surface area (Å²) in [6.07, 6.45) is 81.2. The van der Waals surface area contributed by atoms with Gasteiger partial charge in [0.05, 0.1) is 0 Å². The van der Waals surface area contributed by atoms with Gasteiger partial charge in [-0.2, -0.15) is 0 Å². The fourth-order valence-electron chi connectivity index (χ4n) is 12.7. The zero-order valence-electron chi connectivity index (χ0n) is 66.0. The second-order valence-electron chi connectivity index (χ2n) is 29.2. The molecule has 0 amide bonds. The predicted molar refractivity (Wildman–Crippen MR) is 415 cm³/mol. The van der Waals surface area contributed by atoms with Crippen molar-refractivity contribution in [1.29, 1.82) is 0 Å². The van der Waals surface area contributed by atoms with E-state index in [9.17, 15) is 28.8 Å². The molecular weight excluding hydrogens is 1250 g/mol. The number of carbonyl (C=O) groups excluding carboxylic acids is 6. The Bertz CT molecular complexity index is 1390. The first-order valence-electron chi connectivity index (χ1n) is 43.2. The van der Waals surface area contributed by atoms with Crippen LogP contribution in [0.4, 0.5) is 0 Å². The first kappa shape index (κ1) is 97.9. The van der Waals surface area contributed by atoms with Crippen LogP contribution in [0.1, 0.15) is 504 Å². The molecule has 0 rings (SSSR count). The first-order valence-corrected chi connectivity index (χ1v) is 46.1. The Morgan fingerprint density at radius 1 is 0.143 bits per heavy atom. The van der Waals surface area contributed by atoms with E-state index in [1.54, 1.807) is 0 Å². The Balaban J connectivity index is 0. The Hall–Kier alpha value is -2.12. The number of rotatable bonds is 78. The molecule has 576 valence electrons. The van der Waals surface area contributed by atoms with Crippen molar-refractivity contribution in [2.24, 2.45) is 0 Å². The zero-order chi connectivity index (χ0) is 71.8. The average Bonchev–Trinajstić information content (AvgIpc) is 1.70. The number of carbonyl (C=O) groups is 6. The highest BCUT2D eigenvalue weighted by Gasteiger charge is 2.49. The molecule has 0 saturated heterocycles. The van der Waals surface area contributed by atoms with Crippen molar-refractivity contribution < 1.29 is 51.5 Å². The molecule has 0 saturated carbocycles. The summed E-state index contributed by atoms with van der Waals surface area (Å²) in [4.78, 5) is 75.7. The van der Waals surface area contributed by atoms with E-state index in [-0.39, 0.29) is 38.5 Å². The van der Waals surface area contributed by atoms with E-state index in [0.29, 0.717) is 0 Å². The van der Waals surface area contributed by atoms with Gasteiger partial charge in [0.25, 0.3) is 35.8 Å². The van der Waals surface area contributed by atoms with Gasteiger partial charge in [0.1, 0.15) is 0 Å². The maximum Gasteiger partial charge on any atom is 1.20 e.